The normalized spacial score (nSPS) is 15.2. The molecule has 0 saturated carbocycles. The van der Waals surface area contributed by atoms with Gasteiger partial charge in [0, 0.05) is 40.3 Å². The van der Waals surface area contributed by atoms with Crippen molar-refractivity contribution < 1.29 is 0 Å². The predicted molar refractivity (Wildman–Crippen MR) is 102 cm³/mol. The van der Waals surface area contributed by atoms with Crippen LogP contribution >= 0.6 is 0 Å². The number of imidazole rings is 1. The molecule has 4 aromatic rings. The van der Waals surface area contributed by atoms with E-state index < -0.39 is 0 Å². The molecule has 0 radical (unpaired) electrons. The highest BCUT2D eigenvalue weighted by Crippen LogP contribution is 2.27. The van der Waals surface area contributed by atoms with Crippen LogP contribution in [0, 0.1) is 6.92 Å². The van der Waals surface area contributed by atoms with Crippen molar-refractivity contribution >= 4 is 33.8 Å². The fraction of sp³-hybridized carbons (Fsp3) is 0.412. The Bertz CT molecular complexity index is 1140. The lowest BCUT2D eigenvalue weighted by Gasteiger charge is -2.36. The highest BCUT2D eigenvalue weighted by atomic mass is 15.3. The van der Waals surface area contributed by atoms with E-state index >= 15 is 0 Å². The number of hydrogen-bond donors (Lipinski definition) is 0. The highest BCUT2D eigenvalue weighted by molar-refractivity contribution is 5.87. The van der Waals surface area contributed by atoms with Gasteiger partial charge >= 0.3 is 0 Å². The summed E-state index contributed by atoms with van der Waals surface area (Å²) in [7, 11) is 3.85. The summed E-state index contributed by atoms with van der Waals surface area (Å²) in [4.78, 5) is 27.1. The molecule has 27 heavy (non-hydrogen) atoms. The molecule has 0 unspecified atom stereocenters. The van der Waals surface area contributed by atoms with Gasteiger partial charge in [-0.2, -0.15) is 5.10 Å². The van der Waals surface area contributed by atoms with E-state index in [0.717, 1.165) is 65.8 Å². The maximum atomic E-state index is 4.69. The number of hydrogen-bond acceptors (Lipinski definition) is 8. The standard InChI is InChI=1S/C17H20N10/c1-11-22-14-12(8-21-25(14)3)15(23-11)26-4-6-27(7-5-26)17-13-16(18-9-19-17)24(2)10-20-13/h8-10H,4-7H2,1-3H3. The van der Waals surface area contributed by atoms with E-state index in [4.69, 9.17) is 4.98 Å². The first-order valence-corrected chi connectivity index (χ1v) is 8.90. The maximum absolute atomic E-state index is 4.69. The fourth-order valence-electron chi connectivity index (χ4n) is 3.65. The number of aromatic nitrogens is 8. The zero-order chi connectivity index (χ0) is 18.5. The summed E-state index contributed by atoms with van der Waals surface area (Å²) in [6.07, 6.45) is 5.24. The predicted octanol–water partition coefficient (Wildman–Crippen LogP) is 0.675. The minimum absolute atomic E-state index is 0.759. The average Bonchev–Trinajstić information content (AvgIpc) is 3.25. The largest absolute Gasteiger partial charge is 0.352 e. The Balaban J connectivity index is 1.44. The first-order valence-electron chi connectivity index (χ1n) is 8.90. The zero-order valence-corrected chi connectivity index (χ0v) is 15.5. The van der Waals surface area contributed by atoms with Gasteiger partial charge in [0.2, 0.25) is 0 Å². The van der Waals surface area contributed by atoms with Crippen molar-refractivity contribution in [2.45, 2.75) is 6.92 Å². The highest BCUT2D eigenvalue weighted by Gasteiger charge is 2.24. The van der Waals surface area contributed by atoms with Crippen LogP contribution in [0.2, 0.25) is 0 Å². The molecule has 1 aliphatic rings. The van der Waals surface area contributed by atoms with Crippen LogP contribution in [0.3, 0.4) is 0 Å². The molecule has 0 N–H and O–H groups in total. The number of anilines is 2. The van der Waals surface area contributed by atoms with Crippen molar-refractivity contribution in [3.8, 4) is 0 Å². The molecule has 0 atom stereocenters. The van der Waals surface area contributed by atoms with Crippen LogP contribution in [-0.2, 0) is 14.1 Å². The van der Waals surface area contributed by atoms with Gasteiger partial charge in [-0.05, 0) is 6.92 Å². The molecule has 138 valence electrons. The summed E-state index contributed by atoms with van der Waals surface area (Å²) in [5, 5.41) is 5.33. The van der Waals surface area contributed by atoms with Gasteiger partial charge < -0.3 is 14.4 Å². The van der Waals surface area contributed by atoms with Crippen molar-refractivity contribution in [1.82, 2.24) is 39.3 Å². The second kappa shape index (κ2) is 5.86. The topological polar surface area (TPSA) is 93.7 Å². The van der Waals surface area contributed by atoms with Gasteiger partial charge in [0.15, 0.2) is 22.6 Å². The van der Waals surface area contributed by atoms with E-state index in [9.17, 15) is 0 Å². The molecule has 0 aromatic carbocycles. The third kappa shape index (κ3) is 2.47. The number of aryl methyl sites for hydroxylation is 3. The van der Waals surface area contributed by atoms with Crippen LogP contribution in [-0.4, -0.2) is 65.4 Å². The molecule has 0 spiro atoms. The maximum Gasteiger partial charge on any atom is 0.165 e. The van der Waals surface area contributed by atoms with Gasteiger partial charge in [0.05, 0.1) is 17.9 Å². The molecule has 0 bridgehead atoms. The summed E-state index contributed by atoms with van der Waals surface area (Å²) in [5.74, 6) is 2.61. The SMILES string of the molecule is Cc1nc(N2CCN(c3ncnc4c3ncn4C)CC2)c2cnn(C)c2n1. The number of nitrogens with zero attached hydrogens (tertiary/aromatic N) is 10. The number of fused-ring (bicyclic) bond motifs is 2. The van der Waals surface area contributed by atoms with Gasteiger partial charge in [-0.3, -0.25) is 4.68 Å². The molecular formula is C17H20N10. The Hall–Kier alpha value is -3.30. The van der Waals surface area contributed by atoms with Crippen LogP contribution in [0.15, 0.2) is 18.9 Å². The van der Waals surface area contributed by atoms with Crippen LogP contribution in [0.1, 0.15) is 5.82 Å². The van der Waals surface area contributed by atoms with Crippen LogP contribution in [0.4, 0.5) is 11.6 Å². The lowest BCUT2D eigenvalue weighted by molar-refractivity contribution is 0.643. The first kappa shape index (κ1) is 15.9. The van der Waals surface area contributed by atoms with Crippen molar-refractivity contribution in [2.24, 2.45) is 14.1 Å². The van der Waals surface area contributed by atoms with Gasteiger partial charge in [0.25, 0.3) is 0 Å². The van der Waals surface area contributed by atoms with Crippen molar-refractivity contribution in [3.05, 3.63) is 24.7 Å². The van der Waals surface area contributed by atoms with Gasteiger partial charge in [-0.15, -0.1) is 0 Å². The Kier molecular flexibility index (Phi) is 3.46. The summed E-state index contributed by atoms with van der Waals surface area (Å²) >= 11 is 0. The molecule has 0 amide bonds. The van der Waals surface area contributed by atoms with E-state index in [1.165, 1.54) is 0 Å². The molecule has 0 aliphatic carbocycles. The molecule has 5 heterocycles. The minimum atomic E-state index is 0.759. The second-order valence-corrected chi connectivity index (χ2v) is 6.80. The molecule has 1 aliphatic heterocycles. The van der Waals surface area contributed by atoms with Crippen LogP contribution in [0.5, 0.6) is 0 Å². The lowest BCUT2D eigenvalue weighted by atomic mass is 10.2. The molecule has 4 aromatic heterocycles. The molecule has 1 fully saturated rings. The van der Waals surface area contributed by atoms with Gasteiger partial charge in [-0.25, -0.2) is 24.9 Å². The summed E-state index contributed by atoms with van der Waals surface area (Å²) in [6, 6.07) is 0. The Labute approximate surface area is 155 Å². The van der Waals surface area contributed by atoms with E-state index in [-0.39, 0.29) is 0 Å². The second-order valence-electron chi connectivity index (χ2n) is 6.80. The molecule has 10 heteroatoms. The Morgan fingerprint density at radius 3 is 2.37 bits per heavy atom. The van der Waals surface area contributed by atoms with Gasteiger partial charge in [0.1, 0.15) is 18.0 Å². The van der Waals surface area contributed by atoms with Gasteiger partial charge in [-0.1, -0.05) is 0 Å². The third-order valence-corrected chi connectivity index (χ3v) is 5.04. The molecule has 10 nitrogen and oxygen atoms in total. The summed E-state index contributed by atoms with van der Waals surface area (Å²) in [5.41, 5.74) is 2.57. The molecule has 1 saturated heterocycles. The van der Waals surface area contributed by atoms with E-state index in [1.54, 1.807) is 17.3 Å². The average molecular weight is 364 g/mol. The smallest absolute Gasteiger partial charge is 0.165 e. The minimum Gasteiger partial charge on any atom is -0.352 e. The molecular weight excluding hydrogens is 344 g/mol. The monoisotopic (exact) mass is 364 g/mol. The Morgan fingerprint density at radius 1 is 0.852 bits per heavy atom. The summed E-state index contributed by atoms with van der Waals surface area (Å²) < 4.78 is 3.71. The van der Waals surface area contributed by atoms with Crippen molar-refractivity contribution in [3.63, 3.8) is 0 Å². The van der Waals surface area contributed by atoms with Crippen LogP contribution < -0.4 is 9.80 Å². The van der Waals surface area contributed by atoms with E-state index in [1.807, 2.05) is 31.8 Å². The van der Waals surface area contributed by atoms with E-state index in [0.29, 0.717) is 0 Å². The lowest BCUT2D eigenvalue weighted by Crippen LogP contribution is -2.47. The third-order valence-electron chi connectivity index (χ3n) is 5.04. The number of piperazine rings is 1. The van der Waals surface area contributed by atoms with Crippen LogP contribution in [0.25, 0.3) is 22.2 Å². The first-order chi connectivity index (χ1) is 13.1. The van der Waals surface area contributed by atoms with Crippen molar-refractivity contribution in [1.29, 1.82) is 0 Å². The van der Waals surface area contributed by atoms with Crippen molar-refractivity contribution in [2.75, 3.05) is 36.0 Å². The Morgan fingerprint density at radius 2 is 1.59 bits per heavy atom. The summed E-state index contributed by atoms with van der Waals surface area (Å²) in [6.45, 7) is 5.30. The molecule has 5 rings (SSSR count). The quantitative estimate of drug-likeness (QED) is 0.512. The number of rotatable bonds is 2. The zero-order valence-electron chi connectivity index (χ0n) is 15.5. The fourth-order valence-corrected chi connectivity index (χ4v) is 3.65. The van der Waals surface area contributed by atoms with E-state index in [2.05, 4.69) is 34.8 Å².